The van der Waals surface area contributed by atoms with E-state index in [1.165, 1.54) is 7.11 Å². The lowest BCUT2D eigenvalue weighted by Gasteiger charge is -1.99. The molecule has 0 unspecified atom stereocenters. The summed E-state index contributed by atoms with van der Waals surface area (Å²) < 4.78 is 32.5. The number of aromatic nitrogens is 2. The molecular formula is C10H10N2O3S2. The molecule has 0 aliphatic carbocycles. The van der Waals surface area contributed by atoms with Crippen LogP contribution in [0.3, 0.4) is 0 Å². The molecule has 0 N–H and O–H groups in total. The summed E-state index contributed by atoms with van der Waals surface area (Å²) >= 11 is 0.826. The topological polar surface area (TPSA) is 69.2 Å². The van der Waals surface area contributed by atoms with E-state index in [9.17, 15) is 8.42 Å². The van der Waals surface area contributed by atoms with Gasteiger partial charge in [0.25, 0.3) is 0 Å². The lowest BCUT2D eigenvalue weighted by Crippen LogP contribution is -2.04. The van der Waals surface area contributed by atoms with Crippen molar-refractivity contribution in [3.8, 4) is 6.01 Å². The predicted molar refractivity (Wildman–Crippen MR) is 63.8 cm³/mol. The van der Waals surface area contributed by atoms with E-state index in [1.807, 2.05) is 6.07 Å². The average Bonchev–Trinajstić information content (AvgIpc) is 2.79. The summed E-state index contributed by atoms with van der Waals surface area (Å²) in [5.74, 6) is -0.0772. The lowest BCUT2D eigenvalue weighted by atomic mass is 10.2. The highest BCUT2D eigenvalue weighted by atomic mass is 32.2. The van der Waals surface area contributed by atoms with Gasteiger partial charge in [0.05, 0.1) is 12.9 Å². The van der Waals surface area contributed by atoms with Gasteiger partial charge < -0.3 is 4.74 Å². The summed E-state index contributed by atoms with van der Waals surface area (Å²) in [5.41, 5.74) is 0.724. The second-order valence-corrected chi connectivity index (χ2v) is 6.21. The molecule has 90 valence electrons. The summed E-state index contributed by atoms with van der Waals surface area (Å²) in [5, 5.41) is 0. The van der Waals surface area contributed by atoms with Crippen molar-refractivity contribution in [3.63, 3.8) is 0 Å². The van der Waals surface area contributed by atoms with Crippen LogP contribution in [0.15, 0.2) is 34.7 Å². The zero-order valence-corrected chi connectivity index (χ0v) is 10.7. The molecular weight excluding hydrogens is 260 g/mol. The number of rotatable bonds is 4. The third-order valence-corrected chi connectivity index (χ3v) is 4.85. The summed E-state index contributed by atoms with van der Waals surface area (Å²) in [6, 6.07) is 9.04. The zero-order chi connectivity index (χ0) is 12.3. The van der Waals surface area contributed by atoms with Gasteiger partial charge in [0, 0.05) is 11.5 Å². The predicted octanol–water partition coefficient (Wildman–Crippen LogP) is 1.52. The number of nitrogens with zero attached hydrogens (tertiary/aromatic N) is 2. The standard InChI is InChI=1S/C10H10N2O3S2/c1-15-9-11-10(16-12-9)17(13,14)7-8-5-3-2-4-6-8/h2-6H,7H2,1H3. The Labute approximate surface area is 103 Å². The summed E-state index contributed by atoms with van der Waals surface area (Å²) in [7, 11) is -2.04. The molecule has 0 aliphatic rings. The molecule has 5 nitrogen and oxygen atoms in total. The van der Waals surface area contributed by atoms with Crippen molar-refractivity contribution in [2.75, 3.05) is 7.11 Å². The van der Waals surface area contributed by atoms with Gasteiger partial charge in [-0.1, -0.05) is 30.3 Å². The Morgan fingerprint density at radius 3 is 2.59 bits per heavy atom. The van der Waals surface area contributed by atoms with Gasteiger partial charge in [-0.05, 0) is 5.56 Å². The van der Waals surface area contributed by atoms with Crippen molar-refractivity contribution in [3.05, 3.63) is 35.9 Å². The number of hydrogen-bond donors (Lipinski definition) is 0. The fourth-order valence-corrected chi connectivity index (χ4v) is 3.37. The second-order valence-electron chi connectivity index (χ2n) is 3.29. The average molecular weight is 270 g/mol. The molecule has 1 aromatic carbocycles. The van der Waals surface area contributed by atoms with Crippen LogP contribution in [-0.2, 0) is 15.6 Å². The Kier molecular flexibility index (Phi) is 3.39. The Hall–Kier alpha value is -1.47. The van der Waals surface area contributed by atoms with Crippen LogP contribution in [0.4, 0.5) is 0 Å². The lowest BCUT2D eigenvalue weighted by molar-refractivity contribution is 0.383. The number of hydrogen-bond acceptors (Lipinski definition) is 6. The molecule has 0 saturated carbocycles. The Balaban J connectivity index is 2.25. The molecule has 0 spiro atoms. The van der Waals surface area contributed by atoms with E-state index in [1.54, 1.807) is 24.3 Å². The third-order valence-electron chi connectivity index (χ3n) is 2.04. The van der Waals surface area contributed by atoms with Crippen LogP contribution in [-0.4, -0.2) is 24.9 Å². The van der Waals surface area contributed by atoms with Crippen molar-refractivity contribution >= 4 is 21.4 Å². The molecule has 0 atom stereocenters. The molecule has 1 heterocycles. The SMILES string of the molecule is COc1nsc(S(=O)(=O)Cc2ccccc2)n1. The molecule has 1 aromatic heterocycles. The zero-order valence-electron chi connectivity index (χ0n) is 9.03. The van der Waals surface area contributed by atoms with E-state index < -0.39 is 9.84 Å². The van der Waals surface area contributed by atoms with Gasteiger partial charge in [-0.2, -0.15) is 4.98 Å². The second kappa shape index (κ2) is 4.80. The summed E-state index contributed by atoms with van der Waals surface area (Å²) in [6.45, 7) is 0. The number of ether oxygens (including phenoxy) is 1. The van der Waals surface area contributed by atoms with Crippen LogP contribution in [0.1, 0.15) is 5.56 Å². The molecule has 0 fully saturated rings. The Morgan fingerprint density at radius 1 is 1.29 bits per heavy atom. The summed E-state index contributed by atoms with van der Waals surface area (Å²) in [6.07, 6.45) is 0. The number of methoxy groups -OCH3 is 1. The monoisotopic (exact) mass is 270 g/mol. The largest absolute Gasteiger partial charge is 0.466 e. The van der Waals surface area contributed by atoms with E-state index in [4.69, 9.17) is 4.74 Å². The van der Waals surface area contributed by atoms with Crippen LogP contribution in [0.5, 0.6) is 6.01 Å². The minimum absolute atomic E-state index is 0.0156. The molecule has 0 amide bonds. The van der Waals surface area contributed by atoms with Crippen LogP contribution in [0.2, 0.25) is 0 Å². The van der Waals surface area contributed by atoms with Gasteiger partial charge in [-0.25, -0.2) is 8.42 Å². The van der Waals surface area contributed by atoms with Gasteiger partial charge in [0.2, 0.25) is 14.2 Å². The molecule has 2 rings (SSSR count). The van der Waals surface area contributed by atoms with Gasteiger partial charge in [0.1, 0.15) is 0 Å². The Bertz CT molecular complexity index is 593. The highest BCUT2D eigenvalue weighted by Gasteiger charge is 2.20. The quantitative estimate of drug-likeness (QED) is 0.842. The van der Waals surface area contributed by atoms with Crippen molar-refractivity contribution in [2.45, 2.75) is 10.1 Å². The maximum Gasteiger partial charge on any atom is 0.329 e. The van der Waals surface area contributed by atoms with Crippen molar-refractivity contribution in [1.82, 2.24) is 9.36 Å². The molecule has 0 aliphatic heterocycles. The highest BCUT2D eigenvalue weighted by molar-refractivity contribution is 7.92. The van der Waals surface area contributed by atoms with E-state index in [2.05, 4.69) is 9.36 Å². The van der Waals surface area contributed by atoms with Crippen LogP contribution in [0.25, 0.3) is 0 Å². The molecule has 0 radical (unpaired) electrons. The summed E-state index contributed by atoms with van der Waals surface area (Å²) in [4.78, 5) is 3.79. The molecule has 2 aromatic rings. The van der Waals surface area contributed by atoms with E-state index in [-0.39, 0.29) is 16.1 Å². The van der Waals surface area contributed by atoms with Gasteiger partial charge in [0.15, 0.2) is 0 Å². The first-order chi connectivity index (χ1) is 8.12. The van der Waals surface area contributed by atoms with Gasteiger partial charge >= 0.3 is 6.01 Å². The molecule has 7 heteroatoms. The first kappa shape index (κ1) is 12.0. The molecule has 0 saturated heterocycles. The van der Waals surface area contributed by atoms with Crippen LogP contribution < -0.4 is 4.74 Å². The van der Waals surface area contributed by atoms with Crippen molar-refractivity contribution in [2.24, 2.45) is 0 Å². The Morgan fingerprint density at radius 2 is 2.00 bits per heavy atom. The maximum atomic E-state index is 12.0. The van der Waals surface area contributed by atoms with E-state index in [0.29, 0.717) is 0 Å². The number of benzene rings is 1. The van der Waals surface area contributed by atoms with Gasteiger partial charge in [-0.3, -0.25) is 0 Å². The van der Waals surface area contributed by atoms with Crippen LogP contribution in [0, 0.1) is 0 Å². The first-order valence-corrected chi connectivity index (χ1v) is 7.19. The maximum absolute atomic E-state index is 12.0. The van der Waals surface area contributed by atoms with Gasteiger partial charge in [-0.15, -0.1) is 4.37 Å². The van der Waals surface area contributed by atoms with Crippen molar-refractivity contribution < 1.29 is 13.2 Å². The van der Waals surface area contributed by atoms with E-state index in [0.717, 1.165) is 17.1 Å². The fourth-order valence-electron chi connectivity index (χ4n) is 1.26. The van der Waals surface area contributed by atoms with E-state index >= 15 is 0 Å². The molecule has 17 heavy (non-hydrogen) atoms. The normalized spacial score (nSPS) is 11.4. The van der Waals surface area contributed by atoms with Crippen LogP contribution >= 0.6 is 11.5 Å². The first-order valence-electron chi connectivity index (χ1n) is 4.76. The molecule has 0 bridgehead atoms. The number of sulfone groups is 1. The third kappa shape index (κ3) is 2.80. The minimum atomic E-state index is -3.44. The fraction of sp³-hybridized carbons (Fsp3) is 0.200. The smallest absolute Gasteiger partial charge is 0.329 e. The minimum Gasteiger partial charge on any atom is -0.466 e. The van der Waals surface area contributed by atoms with Crippen molar-refractivity contribution in [1.29, 1.82) is 0 Å². The highest BCUT2D eigenvalue weighted by Crippen LogP contribution is 2.20.